The normalized spacial score (nSPS) is 20.9. The van der Waals surface area contributed by atoms with Crippen molar-refractivity contribution in [1.29, 1.82) is 0 Å². The van der Waals surface area contributed by atoms with Gasteiger partial charge in [0.1, 0.15) is 0 Å². The summed E-state index contributed by atoms with van der Waals surface area (Å²) in [5, 5.41) is 4.12. The maximum atomic E-state index is 12.7. The van der Waals surface area contributed by atoms with Gasteiger partial charge in [0.25, 0.3) is 11.1 Å². The first-order chi connectivity index (χ1) is 11.2. The Bertz CT molecular complexity index is 823. The Kier molecular flexibility index (Phi) is 3.48. The average molecular weight is 313 g/mol. The Labute approximate surface area is 133 Å². The molecule has 2 aromatic heterocycles. The molecule has 1 saturated carbocycles. The van der Waals surface area contributed by atoms with Gasteiger partial charge in [-0.25, -0.2) is 9.67 Å². The summed E-state index contributed by atoms with van der Waals surface area (Å²) in [7, 11) is 0. The van der Waals surface area contributed by atoms with Crippen molar-refractivity contribution in [3.63, 3.8) is 0 Å². The number of anilines is 1. The number of nitrogens with zero attached hydrogens (tertiary/aromatic N) is 5. The standard InChI is InChI=1S/C16H19N5O2/c22-14-4-1-7-18-21(14)11-13-3-2-9-19(13)15-16(23)20(10-8-17-15)12-5-6-12/h1,4,7-8,10,12-13H,2-3,5-6,9,11H2. The minimum absolute atomic E-state index is 0.0183. The van der Waals surface area contributed by atoms with Crippen LogP contribution in [0, 0.1) is 0 Å². The zero-order chi connectivity index (χ0) is 15.8. The van der Waals surface area contributed by atoms with E-state index in [2.05, 4.69) is 10.1 Å². The highest BCUT2D eigenvalue weighted by atomic mass is 16.1. The van der Waals surface area contributed by atoms with E-state index in [9.17, 15) is 9.59 Å². The van der Waals surface area contributed by atoms with E-state index in [4.69, 9.17) is 0 Å². The van der Waals surface area contributed by atoms with E-state index in [1.165, 1.54) is 10.7 Å². The predicted molar refractivity (Wildman–Crippen MR) is 85.6 cm³/mol. The van der Waals surface area contributed by atoms with Crippen LogP contribution in [-0.4, -0.2) is 31.9 Å². The summed E-state index contributed by atoms with van der Waals surface area (Å²) in [4.78, 5) is 30.9. The van der Waals surface area contributed by atoms with Gasteiger partial charge < -0.3 is 9.47 Å². The van der Waals surface area contributed by atoms with Crippen LogP contribution in [0.5, 0.6) is 0 Å². The number of rotatable bonds is 4. The van der Waals surface area contributed by atoms with E-state index in [-0.39, 0.29) is 17.2 Å². The zero-order valence-electron chi connectivity index (χ0n) is 12.8. The molecule has 7 nitrogen and oxygen atoms in total. The van der Waals surface area contributed by atoms with Crippen LogP contribution in [0.2, 0.25) is 0 Å². The molecule has 1 aliphatic carbocycles. The van der Waals surface area contributed by atoms with Crippen molar-refractivity contribution in [1.82, 2.24) is 19.3 Å². The molecular formula is C16H19N5O2. The molecule has 1 unspecified atom stereocenters. The third kappa shape index (κ3) is 2.67. The molecule has 23 heavy (non-hydrogen) atoms. The molecule has 2 aromatic rings. The van der Waals surface area contributed by atoms with Crippen molar-refractivity contribution >= 4 is 5.82 Å². The topological polar surface area (TPSA) is 73.0 Å². The van der Waals surface area contributed by atoms with Gasteiger partial charge >= 0.3 is 0 Å². The highest BCUT2D eigenvalue weighted by Gasteiger charge is 2.31. The summed E-state index contributed by atoms with van der Waals surface area (Å²) < 4.78 is 3.26. The van der Waals surface area contributed by atoms with E-state index in [1.54, 1.807) is 29.2 Å². The lowest BCUT2D eigenvalue weighted by molar-refractivity contribution is 0.485. The van der Waals surface area contributed by atoms with Crippen LogP contribution in [-0.2, 0) is 6.54 Å². The van der Waals surface area contributed by atoms with Crippen LogP contribution >= 0.6 is 0 Å². The molecule has 2 aliphatic rings. The molecule has 0 aromatic carbocycles. The zero-order valence-corrected chi connectivity index (χ0v) is 12.8. The summed E-state index contributed by atoms with van der Waals surface area (Å²) in [5.41, 5.74) is -0.133. The van der Waals surface area contributed by atoms with Crippen LogP contribution < -0.4 is 16.0 Å². The molecule has 4 rings (SSSR count). The first-order valence-corrected chi connectivity index (χ1v) is 8.10. The molecule has 3 heterocycles. The molecule has 1 saturated heterocycles. The Balaban J connectivity index is 1.63. The van der Waals surface area contributed by atoms with Gasteiger partial charge in [0.05, 0.1) is 12.6 Å². The van der Waals surface area contributed by atoms with Crippen LogP contribution in [0.4, 0.5) is 5.82 Å². The van der Waals surface area contributed by atoms with Gasteiger partial charge in [-0.05, 0) is 31.7 Å². The number of hydrogen-bond acceptors (Lipinski definition) is 5. The second-order valence-corrected chi connectivity index (χ2v) is 6.23. The Morgan fingerprint density at radius 2 is 2.04 bits per heavy atom. The number of hydrogen-bond donors (Lipinski definition) is 0. The van der Waals surface area contributed by atoms with Crippen LogP contribution in [0.15, 0.2) is 40.3 Å². The molecule has 0 N–H and O–H groups in total. The molecule has 120 valence electrons. The largest absolute Gasteiger partial charge is 0.347 e. The van der Waals surface area contributed by atoms with E-state index in [1.807, 2.05) is 4.90 Å². The third-order valence-electron chi connectivity index (χ3n) is 4.61. The molecule has 0 radical (unpaired) electrons. The molecule has 0 bridgehead atoms. The average Bonchev–Trinajstić information content (AvgIpc) is 3.30. The van der Waals surface area contributed by atoms with Crippen LogP contribution in [0.1, 0.15) is 31.7 Å². The quantitative estimate of drug-likeness (QED) is 0.835. The lowest BCUT2D eigenvalue weighted by Gasteiger charge is -2.25. The Morgan fingerprint density at radius 1 is 1.17 bits per heavy atom. The summed E-state index contributed by atoms with van der Waals surface area (Å²) in [6.07, 6.45) is 9.15. The van der Waals surface area contributed by atoms with Crippen LogP contribution in [0.3, 0.4) is 0 Å². The first-order valence-electron chi connectivity index (χ1n) is 8.10. The summed E-state index contributed by atoms with van der Waals surface area (Å²) >= 11 is 0. The van der Waals surface area contributed by atoms with Crippen LogP contribution in [0.25, 0.3) is 0 Å². The smallest absolute Gasteiger partial charge is 0.293 e. The summed E-state index contributed by atoms with van der Waals surface area (Å²) in [6.45, 7) is 1.28. The highest BCUT2D eigenvalue weighted by Crippen LogP contribution is 2.33. The van der Waals surface area contributed by atoms with E-state index < -0.39 is 0 Å². The minimum atomic E-state index is -0.115. The van der Waals surface area contributed by atoms with Gasteiger partial charge in [-0.1, -0.05) is 0 Å². The lowest BCUT2D eigenvalue weighted by atomic mass is 10.2. The van der Waals surface area contributed by atoms with Gasteiger partial charge in [0, 0.05) is 37.2 Å². The molecule has 1 atom stereocenters. The number of aromatic nitrogens is 4. The minimum Gasteiger partial charge on any atom is -0.347 e. The second kappa shape index (κ2) is 5.64. The summed E-state index contributed by atoms with van der Waals surface area (Å²) in [6, 6.07) is 3.56. The first kappa shape index (κ1) is 14.2. The van der Waals surface area contributed by atoms with Gasteiger partial charge in [-0.15, -0.1) is 0 Å². The van der Waals surface area contributed by atoms with Gasteiger partial charge in [0.15, 0.2) is 5.82 Å². The lowest BCUT2D eigenvalue weighted by Crippen LogP contribution is -2.40. The molecular weight excluding hydrogens is 294 g/mol. The SMILES string of the molecule is O=c1c(N2CCCC2Cn2ncccc2=O)nccn1C1CC1. The fourth-order valence-corrected chi connectivity index (χ4v) is 3.28. The molecule has 1 aliphatic heterocycles. The van der Waals surface area contributed by atoms with Gasteiger partial charge in [-0.2, -0.15) is 5.10 Å². The van der Waals surface area contributed by atoms with Crippen molar-refractivity contribution < 1.29 is 0 Å². The van der Waals surface area contributed by atoms with Crippen molar-refractivity contribution in [2.75, 3.05) is 11.4 Å². The molecule has 0 amide bonds. The van der Waals surface area contributed by atoms with Crippen molar-refractivity contribution in [3.05, 3.63) is 51.4 Å². The van der Waals surface area contributed by atoms with Gasteiger partial charge in [-0.3, -0.25) is 9.59 Å². The molecule has 0 spiro atoms. The van der Waals surface area contributed by atoms with E-state index >= 15 is 0 Å². The fourth-order valence-electron chi connectivity index (χ4n) is 3.28. The fraction of sp³-hybridized carbons (Fsp3) is 0.500. The predicted octanol–water partition coefficient (Wildman–Crippen LogP) is 0.804. The maximum absolute atomic E-state index is 12.7. The highest BCUT2D eigenvalue weighted by molar-refractivity contribution is 5.39. The van der Waals surface area contributed by atoms with E-state index in [0.717, 1.165) is 32.2 Å². The van der Waals surface area contributed by atoms with Crippen molar-refractivity contribution in [2.24, 2.45) is 0 Å². The Hall–Kier alpha value is -2.44. The van der Waals surface area contributed by atoms with E-state index in [0.29, 0.717) is 18.4 Å². The monoisotopic (exact) mass is 313 g/mol. The summed E-state index contributed by atoms with van der Waals surface area (Å²) in [5.74, 6) is 0.505. The second-order valence-electron chi connectivity index (χ2n) is 6.23. The molecule has 2 fully saturated rings. The van der Waals surface area contributed by atoms with Gasteiger partial charge in [0.2, 0.25) is 0 Å². The van der Waals surface area contributed by atoms with Crippen molar-refractivity contribution in [3.8, 4) is 0 Å². The molecule has 7 heteroatoms. The Morgan fingerprint density at radius 3 is 2.83 bits per heavy atom. The van der Waals surface area contributed by atoms with Crippen molar-refractivity contribution in [2.45, 2.75) is 44.3 Å². The third-order valence-corrected chi connectivity index (χ3v) is 4.61. The maximum Gasteiger partial charge on any atom is 0.293 e.